The van der Waals surface area contributed by atoms with Gasteiger partial charge in [-0.25, -0.2) is 13.1 Å². The second-order valence-corrected chi connectivity index (χ2v) is 7.28. The zero-order chi connectivity index (χ0) is 12.9. The minimum atomic E-state index is -3.43. The maximum absolute atomic E-state index is 11.8. The normalized spacial score (nSPS) is 12.9. The maximum atomic E-state index is 11.8. The quantitative estimate of drug-likeness (QED) is 0.752. The van der Waals surface area contributed by atoms with E-state index in [-0.39, 0.29) is 10.3 Å². The lowest BCUT2D eigenvalue weighted by molar-refractivity contribution is 0.332. The third-order valence-electron chi connectivity index (χ3n) is 2.51. The average molecular weight is 324 g/mol. The van der Waals surface area contributed by atoms with Gasteiger partial charge in [0, 0.05) is 18.1 Å². The molecule has 17 heavy (non-hydrogen) atoms. The van der Waals surface area contributed by atoms with Gasteiger partial charge in [0.1, 0.15) is 4.90 Å². The second kappa shape index (κ2) is 5.97. The molecule has 0 saturated heterocycles. The highest BCUT2D eigenvalue weighted by atomic mass is 79.9. The highest BCUT2D eigenvalue weighted by molar-refractivity contribution is 9.09. The van der Waals surface area contributed by atoms with Crippen molar-refractivity contribution in [3.8, 4) is 0 Å². The number of nitrogens with zero attached hydrogens (tertiary/aromatic N) is 1. The number of H-pyrrole nitrogens is 1. The molecule has 0 bridgehead atoms. The standard InChI is InChI=1S/C10H18BrN3O2S/c1-10(2,4-3-5-11)8-14-17(15,16)9-6-12-13-7-9/h6-7,14H,3-5,8H2,1-2H3,(H,12,13). The van der Waals surface area contributed by atoms with Crippen LogP contribution in [-0.2, 0) is 10.0 Å². The number of aromatic nitrogens is 2. The van der Waals surface area contributed by atoms with Gasteiger partial charge in [-0.15, -0.1) is 0 Å². The Balaban J connectivity index is 2.56. The molecule has 0 atom stereocenters. The fourth-order valence-corrected chi connectivity index (χ4v) is 2.82. The van der Waals surface area contributed by atoms with E-state index in [2.05, 4.69) is 30.8 Å². The molecule has 1 rings (SSSR count). The van der Waals surface area contributed by atoms with E-state index >= 15 is 0 Å². The summed E-state index contributed by atoms with van der Waals surface area (Å²) in [5.41, 5.74) is -0.0510. The minimum absolute atomic E-state index is 0.0510. The lowest BCUT2D eigenvalue weighted by atomic mass is 9.88. The van der Waals surface area contributed by atoms with Gasteiger partial charge in [0.05, 0.1) is 6.20 Å². The summed E-state index contributed by atoms with van der Waals surface area (Å²) in [6.07, 6.45) is 4.66. The Bertz CT molecular complexity index is 428. The topological polar surface area (TPSA) is 74.8 Å². The molecular weight excluding hydrogens is 306 g/mol. The Kier molecular flexibility index (Phi) is 5.15. The number of aromatic amines is 1. The van der Waals surface area contributed by atoms with E-state index in [9.17, 15) is 8.42 Å². The second-order valence-electron chi connectivity index (χ2n) is 4.72. The van der Waals surface area contributed by atoms with Gasteiger partial charge in [0.15, 0.2) is 0 Å². The Labute approximate surface area is 111 Å². The highest BCUT2D eigenvalue weighted by Gasteiger charge is 2.22. The van der Waals surface area contributed by atoms with Crippen molar-refractivity contribution in [3.63, 3.8) is 0 Å². The van der Waals surface area contributed by atoms with Crippen LogP contribution < -0.4 is 4.72 Å². The van der Waals surface area contributed by atoms with Crippen LogP contribution in [0.3, 0.4) is 0 Å². The van der Waals surface area contributed by atoms with Crippen molar-refractivity contribution in [2.24, 2.45) is 5.41 Å². The molecule has 0 aliphatic rings. The van der Waals surface area contributed by atoms with Crippen LogP contribution in [-0.4, -0.2) is 30.5 Å². The van der Waals surface area contributed by atoms with Crippen molar-refractivity contribution in [3.05, 3.63) is 12.4 Å². The van der Waals surface area contributed by atoms with Crippen LogP contribution in [0.25, 0.3) is 0 Å². The number of hydrogen-bond acceptors (Lipinski definition) is 3. The van der Waals surface area contributed by atoms with E-state index in [0.717, 1.165) is 18.2 Å². The van der Waals surface area contributed by atoms with Crippen LogP contribution >= 0.6 is 15.9 Å². The lowest BCUT2D eigenvalue weighted by Gasteiger charge is -2.24. The molecule has 7 heteroatoms. The van der Waals surface area contributed by atoms with Crippen molar-refractivity contribution >= 4 is 26.0 Å². The van der Waals surface area contributed by atoms with Crippen LogP contribution in [0.15, 0.2) is 17.3 Å². The van der Waals surface area contributed by atoms with E-state index in [0.29, 0.717) is 6.54 Å². The molecule has 5 nitrogen and oxygen atoms in total. The zero-order valence-electron chi connectivity index (χ0n) is 10.0. The van der Waals surface area contributed by atoms with Gasteiger partial charge in [0.2, 0.25) is 10.0 Å². The molecule has 0 radical (unpaired) electrons. The summed E-state index contributed by atoms with van der Waals surface area (Å²) in [4.78, 5) is 0.175. The number of halogens is 1. The van der Waals surface area contributed by atoms with Crippen LogP contribution in [0.5, 0.6) is 0 Å². The third-order valence-corrected chi connectivity index (χ3v) is 4.44. The largest absolute Gasteiger partial charge is 0.284 e. The van der Waals surface area contributed by atoms with Gasteiger partial charge in [0.25, 0.3) is 0 Å². The smallest absolute Gasteiger partial charge is 0.243 e. The van der Waals surface area contributed by atoms with Gasteiger partial charge < -0.3 is 0 Å². The first-order valence-electron chi connectivity index (χ1n) is 5.42. The molecule has 0 aliphatic heterocycles. The van der Waals surface area contributed by atoms with E-state index in [1.165, 1.54) is 12.4 Å². The number of alkyl halides is 1. The summed E-state index contributed by atoms with van der Waals surface area (Å²) in [6, 6.07) is 0. The molecule has 1 aromatic rings. The fourth-order valence-electron chi connectivity index (χ4n) is 1.39. The predicted octanol–water partition coefficient (Wildman–Crippen LogP) is 1.89. The first kappa shape index (κ1) is 14.7. The molecule has 0 aromatic carbocycles. The van der Waals surface area contributed by atoms with Gasteiger partial charge >= 0.3 is 0 Å². The highest BCUT2D eigenvalue weighted by Crippen LogP contribution is 2.22. The number of hydrogen-bond donors (Lipinski definition) is 2. The molecule has 0 amide bonds. The van der Waals surface area contributed by atoms with Crippen LogP contribution in [0.1, 0.15) is 26.7 Å². The molecule has 1 aromatic heterocycles. The van der Waals surface area contributed by atoms with Crippen molar-refractivity contribution in [2.75, 3.05) is 11.9 Å². The maximum Gasteiger partial charge on any atom is 0.243 e. The monoisotopic (exact) mass is 323 g/mol. The van der Waals surface area contributed by atoms with Crippen molar-refractivity contribution in [1.82, 2.24) is 14.9 Å². The van der Waals surface area contributed by atoms with E-state index < -0.39 is 10.0 Å². The number of rotatable bonds is 7. The van der Waals surface area contributed by atoms with E-state index in [4.69, 9.17) is 0 Å². The van der Waals surface area contributed by atoms with Crippen LogP contribution in [0.4, 0.5) is 0 Å². The van der Waals surface area contributed by atoms with Crippen molar-refractivity contribution in [1.29, 1.82) is 0 Å². The lowest BCUT2D eigenvalue weighted by Crippen LogP contribution is -2.33. The molecule has 0 fully saturated rings. The molecule has 0 aliphatic carbocycles. The Morgan fingerprint density at radius 2 is 2.24 bits per heavy atom. The number of sulfonamides is 1. The Morgan fingerprint density at radius 1 is 1.53 bits per heavy atom. The van der Waals surface area contributed by atoms with E-state index in [1.54, 1.807) is 0 Å². The fraction of sp³-hybridized carbons (Fsp3) is 0.700. The molecule has 2 N–H and O–H groups in total. The summed E-state index contributed by atoms with van der Waals surface area (Å²) in [6.45, 7) is 4.52. The molecule has 0 unspecified atom stereocenters. The van der Waals surface area contributed by atoms with E-state index in [1.807, 2.05) is 13.8 Å². The van der Waals surface area contributed by atoms with Crippen LogP contribution in [0, 0.1) is 5.41 Å². The first-order chi connectivity index (χ1) is 7.87. The first-order valence-corrected chi connectivity index (χ1v) is 8.02. The van der Waals surface area contributed by atoms with Crippen molar-refractivity contribution in [2.45, 2.75) is 31.6 Å². The predicted molar refractivity (Wildman–Crippen MR) is 70.6 cm³/mol. The summed E-state index contributed by atoms with van der Waals surface area (Å²) in [7, 11) is -3.43. The van der Waals surface area contributed by atoms with Gasteiger partial charge in [-0.3, -0.25) is 5.10 Å². The molecule has 0 spiro atoms. The van der Waals surface area contributed by atoms with Gasteiger partial charge in [-0.2, -0.15) is 5.10 Å². The zero-order valence-corrected chi connectivity index (χ0v) is 12.4. The Morgan fingerprint density at radius 3 is 2.76 bits per heavy atom. The summed E-state index contributed by atoms with van der Waals surface area (Å²) >= 11 is 3.37. The summed E-state index contributed by atoms with van der Waals surface area (Å²) in [5.74, 6) is 0. The summed E-state index contributed by atoms with van der Waals surface area (Å²) < 4.78 is 26.3. The van der Waals surface area contributed by atoms with Crippen molar-refractivity contribution < 1.29 is 8.42 Å². The molecule has 98 valence electrons. The SMILES string of the molecule is CC(C)(CCCBr)CNS(=O)(=O)c1cn[nH]c1. The minimum Gasteiger partial charge on any atom is -0.284 e. The summed E-state index contributed by atoms with van der Waals surface area (Å²) in [5, 5.41) is 7.06. The van der Waals surface area contributed by atoms with Gasteiger partial charge in [-0.05, 0) is 18.3 Å². The van der Waals surface area contributed by atoms with Gasteiger partial charge in [-0.1, -0.05) is 29.8 Å². The molecule has 0 saturated carbocycles. The third kappa shape index (κ3) is 4.77. The molecular formula is C10H18BrN3O2S. The Hall–Kier alpha value is -0.400. The number of nitrogens with one attached hydrogen (secondary N) is 2. The van der Waals surface area contributed by atoms with Crippen LogP contribution in [0.2, 0.25) is 0 Å². The average Bonchev–Trinajstić information content (AvgIpc) is 2.78. The molecule has 1 heterocycles.